The van der Waals surface area contributed by atoms with Gasteiger partial charge < -0.3 is 33.2 Å². The summed E-state index contributed by atoms with van der Waals surface area (Å²) in [5, 5.41) is 8.58. The summed E-state index contributed by atoms with van der Waals surface area (Å²) >= 11 is 0. The van der Waals surface area contributed by atoms with E-state index in [2.05, 4.69) is 24.1 Å². The first kappa shape index (κ1) is 34.5. The molecule has 5 rings (SSSR count). The van der Waals surface area contributed by atoms with Crippen molar-refractivity contribution >= 4 is 17.3 Å². The number of hydrogen-bond acceptors (Lipinski definition) is 10. The van der Waals surface area contributed by atoms with Gasteiger partial charge in [0, 0.05) is 24.0 Å². The molecule has 0 N–H and O–H groups in total. The third-order valence-corrected chi connectivity index (χ3v) is 7.86. The van der Waals surface area contributed by atoms with Crippen molar-refractivity contribution in [2.24, 2.45) is 21.1 Å². The Kier molecular flexibility index (Phi) is 12.7. The maximum Gasteiger partial charge on any atom is 0.343 e. The molecule has 2 saturated heterocycles. The van der Waals surface area contributed by atoms with Crippen LogP contribution in [0.2, 0.25) is 0 Å². The van der Waals surface area contributed by atoms with Crippen molar-refractivity contribution in [1.82, 2.24) is 0 Å². The second kappa shape index (κ2) is 17.4. The normalized spacial score (nSPS) is 16.3. The average Bonchev–Trinajstić information content (AvgIpc) is 3.06. The van der Waals surface area contributed by atoms with Crippen LogP contribution in [0, 0.1) is 10.8 Å². The van der Waals surface area contributed by atoms with Gasteiger partial charge in [0.2, 0.25) is 0 Å². The third kappa shape index (κ3) is 11.4. The van der Waals surface area contributed by atoms with E-state index in [0.717, 1.165) is 77.7 Å². The van der Waals surface area contributed by atoms with Gasteiger partial charge in [0.1, 0.15) is 17.2 Å². The summed E-state index contributed by atoms with van der Waals surface area (Å²) in [5.41, 5.74) is 2.16. The van der Waals surface area contributed by atoms with Gasteiger partial charge in [0.15, 0.2) is 0 Å². The topological polar surface area (TPSA) is 106 Å². The number of carbonyl (C=O) groups excluding carboxylic acids is 1. The highest BCUT2D eigenvalue weighted by atomic mass is 16.5. The van der Waals surface area contributed by atoms with E-state index in [1.807, 2.05) is 24.3 Å². The number of hydrogen-bond donors (Lipinski definition) is 0. The predicted octanol–water partition coefficient (Wildman–Crippen LogP) is 7.75. The first-order valence-electron chi connectivity index (χ1n) is 16.4. The standard InChI is InChI=1S/C37H46N2O8/c1-36(25-43-26-36)23-41-19-3-5-21-45-32-13-7-29(8-14-32)35(40)47-34-17-11-31(12-18-34)39-38-30-9-15-33(16-10-30)46-22-6-4-20-42-24-37(2)27-44-28-37/h7-18H,3-6,19-28H2,1-2H3/b39-38+. The lowest BCUT2D eigenvalue weighted by Crippen LogP contribution is -2.43. The number of esters is 1. The molecule has 0 bridgehead atoms. The molecular formula is C37H46N2O8. The maximum absolute atomic E-state index is 12.6. The molecule has 0 aliphatic carbocycles. The van der Waals surface area contributed by atoms with E-state index >= 15 is 0 Å². The molecule has 0 radical (unpaired) electrons. The SMILES string of the molecule is CC1(COCCCCOc2ccc(/N=N/c3ccc(OC(=O)c4ccc(OCCCCOCC5(C)COC5)cc4)cc3)cc2)COC1. The molecule has 2 aliphatic rings. The van der Waals surface area contributed by atoms with E-state index in [9.17, 15) is 4.79 Å². The molecule has 0 unspecified atom stereocenters. The van der Waals surface area contributed by atoms with Gasteiger partial charge in [-0.2, -0.15) is 10.2 Å². The van der Waals surface area contributed by atoms with Crippen LogP contribution in [0.4, 0.5) is 11.4 Å². The van der Waals surface area contributed by atoms with Gasteiger partial charge in [0.05, 0.1) is 69.8 Å². The Bertz CT molecular complexity index is 1400. The van der Waals surface area contributed by atoms with Crippen molar-refractivity contribution in [2.45, 2.75) is 39.5 Å². The lowest BCUT2D eigenvalue weighted by Gasteiger charge is -2.37. The third-order valence-electron chi connectivity index (χ3n) is 7.86. The fourth-order valence-corrected chi connectivity index (χ4v) is 4.86. The van der Waals surface area contributed by atoms with Crippen LogP contribution < -0.4 is 14.2 Å². The maximum atomic E-state index is 12.6. The number of nitrogens with zero attached hydrogens (tertiary/aromatic N) is 2. The molecule has 3 aromatic rings. The van der Waals surface area contributed by atoms with Gasteiger partial charge >= 0.3 is 5.97 Å². The summed E-state index contributed by atoms with van der Waals surface area (Å²) in [6.45, 7) is 11.7. The Morgan fingerprint density at radius 2 is 1.00 bits per heavy atom. The van der Waals surface area contributed by atoms with Crippen LogP contribution in [-0.2, 0) is 18.9 Å². The number of rotatable bonds is 20. The Morgan fingerprint density at radius 1 is 0.596 bits per heavy atom. The van der Waals surface area contributed by atoms with Crippen molar-refractivity contribution in [3.63, 3.8) is 0 Å². The number of unbranched alkanes of at least 4 members (excludes halogenated alkanes) is 2. The molecule has 0 amide bonds. The molecule has 47 heavy (non-hydrogen) atoms. The first-order valence-corrected chi connectivity index (χ1v) is 16.4. The largest absolute Gasteiger partial charge is 0.494 e. The fourth-order valence-electron chi connectivity index (χ4n) is 4.86. The second-order valence-electron chi connectivity index (χ2n) is 12.9. The van der Waals surface area contributed by atoms with Crippen LogP contribution in [-0.4, -0.2) is 72.0 Å². The summed E-state index contributed by atoms with van der Waals surface area (Å²) in [7, 11) is 0. The molecule has 10 nitrogen and oxygen atoms in total. The molecule has 3 aromatic carbocycles. The Morgan fingerprint density at radius 3 is 1.43 bits per heavy atom. The van der Waals surface area contributed by atoms with Crippen LogP contribution in [0.15, 0.2) is 83.0 Å². The quantitative estimate of drug-likeness (QED) is 0.0531. The zero-order valence-corrected chi connectivity index (χ0v) is 27.5. The average molecular weight is 647 g/mol. The molecule has 2 heterocycles. The number of benzene rings is 3. The van der Waals surface area contributed by atoms with Crippen LogP contribution in [0.25, 0.3) is 0 Å². The summed E-state index contributed by atoms with van der Waals surface area (Å²) < 4.78 is 39.1. The Balaban J connectivity index is 0.943. The minimum Gasteiger partial charge on any atom is -0.494 e. The molecule has 0 aromatic heterocycles. The summed E-state index contributed by atoms with van der Waals surface area (Å²) in [4.78, 5) is 12.6. The Labute approximate surface area is 277 Å². The highest BCUT2D eigenvalue weighted by Crippen LogP contribution is 2.28. The van der Waals surface area contributed by atoms with Crippen LogP contribution >= 0.6 is 0 Å². The van der Waals surface area contributed by atoms with Crippen molar-refractivity contribution in [3.05, 3.63) is 78.4 Å². The van der Waals surface area contributed by atoms with E-state index in [0.29, 0.717) is 48.3 Å². The number of carbonyl (C=O) groups is 1. The van der Waals surface area contributed by atoms with Gasteiger partial charge in [-0.05, 0) is 98.5 Å². The van der Waals surface area contributed by atoms with Gasteiger partial charge in [-0.15, -0.1) is 0 Å². The summed E-state index contributed by atoms with van der Waals surface area (Å²) in [6.07, 6.45) is 3.70. The van der Waals surface area contributed by atoms with Gasteiger partial charge in [-0.1, -0.05) is 13.8 Å². The zero-order chi connectivity index (χ0) is 32.8. The van der Waals surface area contributed by atoms with Crippen LogP contribution in [0.5, 0.6) is 17.2 Å². The van der Waals surface area contributed by atoms with E-state index < -0.39 is 5.97 Å². The molecule has 0 spiro atoms. The molecular weight excluding hydrogens is 600 g/mol. The lowest BCUT2D eigenvalue weighted by molar-refractivity contribution is -0.138. The van der Waals surface area contributed by atoms with Crippen LogP contribution in [0.3, 0.4) is 0 Å². The molecule has 0 saturated carbocycles. The molecule has 0 atom stereocenters. The summed E-state index contributed by atoms with van der Waals surface area (Å²) in [5.74, 6) is 1.48. The minimum atomic E-state index is -0.446. The highest BCUT2D eigenvalue weighted by Gasteiger charge is 2.34. The first-order chi connectivity index (χ1) is 22.9. The molecule has 252 valence electrons. The highest BCUT2D eigenvalue weighted by molar-refractivity contribution is 5.91. The predicted molar refractivity (Wildman–Crippen MR) is 177 cm³/mol. The van der Waals surface area contributed by atoms with Crippen LogP contribution in [0.1, 0.15) is 49.9 Å². The molecule has 2 aliphatic heterocycles. The Hall–Kier alpha value is -3.83. The van der Waals surface area contributed by atoms with E-state index in [4.69, 9.17) is 33.2 Å². The second-order valence-corrected chi connectivity index (χ2v) is 12.9. The lowest BCUT2D eigenvalue weighted by atomic mass is 9.90. The van der Waals surface area contributed by atoms with E-state index in [1.165, 1.54) is 0 Å². The van der Waals surface area contributed by atoms with Crippen molar-refractivity contribution < 1.29 is 38.0 Å². The smallest absolute Gasteiger partial charge is 0.343 e. The van der Waals surface area contributed by atoms with Crippen molar-refractivity contribution in [3.8, 4) is 17.2 Å². The monoisotopic (exact) mass is 646 g/mol. The van der Waals surface area contributed by atoms with Gasteiger partial charge in [0.25, 0.3) is 0 Å². The van der Waals surface area contributed by atoms with E-state index in [1.54, 1.807) is 48.5 Å². The zero-order valence-electron chi connectivity index (χ0n) is 27.5. The molecule has 10 heteroatoms. The molecule has 2 fully saturated rings. The minimum absolute atomic E-state index is 0.182. The fraction of sp³-hybridized carbons (Fsp3) is 0.486. The van der Waals surface area contributed by atoms with Crippen molar-refractivity contribution in [2.75, 3.05) is 66.1 Å². The van der Waals surface area contributed by atoms with E-state index in [-0.39, 0.29) is 10.8 Å². The number of azo groups is 1. The van der Waals surface area contributed by atoms with Gasteiger partial charge in [-0.3, -0.25) is 0 Å². The van der Waals surface area contributed by atoms with Crippen molar-refractivity contribution in [1.29, 1.82) is 0 Å². The summed E-state index contributed by atoms with van der Waals surface area (Å²) in [6, 6.07) is 21.3. The number of ether oxygens (including phenoxy) is 7. The van der Waals surface area contributed by atoms with Gasteiger partial charge in [-0.25, -0.2) is 4.79 Å².